The molecule has 0 aliphatic carbocycles. The summed E-state index contributed by atoms with van der Waals surface area (Å²) in [6, 6.07) is 9.72. The van der Waals surface area contributed by atoms with Gasteiger partial charge in [0, 0.05) is 13.2 Å². The van der Waals surface area contributed by atoms with Crippen LogP contribution in [0, 0.1) is 5.92 Å². The van der Waals surface area contributed by atoms with Crippen molar-refractivity contribution >= 4 is 11.8 Å². The number of Topliss-reactive ketones (excluding diaryl/α,β-unsaturated/α-hetero) is 1. The van der Waals surface area contributed by atoms with Crippen LogP contribution >= 0.6 is 0 Å². The summed E-state index contributed by atoms with van der Waals surface area (Å²) in [5.41, 5.74) is 0.342. The first-order valence-corrected chi connectivity index (χ1v) is 7.41. The van der Waals surface area contributed by atoms with Crippen LogP contribution in [0.4, 0.5) is 0 Å². The first-order valence-electron chi connectivity index (χ1n) is 7.41. The predicted octanol–water partition coefficient (Wildman–Crippen LogP) is 2.50. The van der Waals surface area contributed by atoms with Crippen LogP contribution < -0.4 is 0 Å². The van der Waals surface area contributed by atoms with Crippen molar-refractivity contribution in [2.45, 2.75) is 31.6 Å². The van der Waals surface area contributed by atoms with Crippen LogP contribution in [0.25, 0.3) is 0 Å². The molecule has 1 unspecified atom stereocenters. The van der Waals surface area contributed by atoms with Gasteiger partial charge in [-0.1, -0.05) is 37.3 Å². The van der Waals surface area contributed by atoms with Gasteiger partial charge >= 0.3 is 5.97 Å². The van der Waals surface area contributed by atoms with Crippen molar-refractivity contribution in [3.8, 4) is 0 Å². The van der Waals surface area contributed by atoms with Crippen molar-refractivity contribution in [1.82, 2.24) is 0 Å². The third-order valence-electron chi connectivity index (χ3n) is 4.35. The first-order chi connectivity index (χ1) is 10.2. The normalized spacial score (nSPS) is 18.8. The van der Waals surface area contributed by atoms with Crippen molar-refractivity contribution in [2.75, 3.05) is 20.3 Å². The molecule has 1 heterocycles. The Balaban J connectivity index is 2.40. The number of carbonyl (C=O) groups excluding carboxylic acids is 2. The fraction of sp³-hybridized carbons (Fsp3) is 0.529. The van der Waals surface area contributed by atoms with Gasteiger partial charge in [-0.05, 0) is 24.8 Å². The van der Waals surface area contributed by atoms with Crippen molar-refractivity contribution in [3.05, 3.63) is 35.9 Å². The van der Waals surface area contributed by atoms with Crippen molar-refractivity contribution in [1.29, 1.82) is 0 Å². The third kappa shape index (κ3) is 3.00. The van der Waals surface area contributed by atoms with Crippen molar-refractivity contribution in [3.63, 3.8) is 0 Å². The smallest absolute Gasteiger partial charge is 0.316 e. The molecule has 0 N–H and O–H groups in total. The molecule has 21 heavy (non-hydrogen) atoms. The summed E-state index contributed by atoms with van der Waals surface area (Å²) in [5, 5.41) is 0. The van der Waals surface area contributed by atoms with Gasteiger partial charge in [0.15, 0.2) is 5.78 Å². The molecule has 0 saturated carbocycles. The molecule has 1 aromatic carbocycles. The van der Waals surface area contributed by atoms with Crippen LogP contribution in [0.3, 0.4) is 0 Å². The van der Waals surface area contributed by atoms with Crippen LogP contribution in [0.1, 0.15) is 31.7 Å². The number of ketones is 1. The van der Waals surface area contributed by atoms with Gasteiger partial charge in [-0.15, -0.1) is 0 Å². The van der Waals surface area contributed by atoms with Crippen LogP contribution in [-0.4, -0.2) is 32.1 Å². The maximum Gasteiger partial charge on any atom is 0.316 e. The van der Waals surface area contributed by atoms with E-state index in [2.05, 4.69) is 0 Å². The van der Waals surface area contributed by atoms with E-state index in [1.54, 1.807) is 0 Å². The molecule has 1 fully saturated rings. The van der Waals surface area contributed by atoms with Crippen LogP contribution in [0.15, 0.2) is 30.3 Å². The molecule has 114 valence electrons. The maximum absolute atomic E-state index is 13.1. The monoisotopic (exact) mass is 290 g/mol. The van der Waals surface area contributed by atoms with Gasteiger partial charge < -0.3 is 9.47 Å². The Morgan fingerprint density at radius 3 is 2.38 bits per heavy atom. The second kappa shape index (κ2) is 6.85. The zero-order valence-corrected chi connectivity index (χ0v) is 12.6. The number of esters is 1. The lowest BCUT2D eigenvalue weighted by Crippen LogP contribution is -2.46. The van der Waals surface area contributed by atoms with Gasteiger partial charge in [0.05, 0.1) is 12.5 Å². The number of hydrogen-bond donors (Lipinski definition) is 0. The third-order valence-corrected chi connectivity index (χ3v) is 4.35. The Labute approximate surface area is 125 Å². The quantitative estimate of drug-likeness (QED) is 0.617. The Hall–Kier alpha value is -1.68. The maximum atomic E-state index is 13.1. The Morgan fingerprint density at radius 2 is 1.86 bits per heavy atom. The van der Waals surface area contributed by atoms with Gasteiger partial charge in [-0.25, -0.2) is 0 Å². The van der Waals surface area contributed by atoms with Gasteiger partial charge in [-0.3, -0.25) is 9.59 Å². The summed E-state index contributed by atoms with van der Waals surface area (Å²) in [6.45, 7) is 2.92. The van der Waals surface area contributed by atoms with E-state index >= 15 is 0 Å². The summed E-state index contributed by atoms with van der Waals surface area (Å²) in [6.07, 6.45) is 1.69. The molecule has 4 nitrogen and oxygen atoms in total. The van der Waals surface area contributed by atoms with Crippen molar-refractivity contribution < 1.29 is 19.1 Å². The number of ether oxygens (including phenoxy) is 2. The summed E-state index contributed by atoms with van der Waals surface area (Å²) in [4.78, 5) is 25.0. The van der Waals surface area contributed by atoms with Crippen molar-refractivity contribution in [2.24, 2.45) is 5.92 Å². The lowest BCUT2D eigenvalue weighted by atomic mass is 9.67. The molecule has 1 atom stereocenters. The Morgan fingerprint density at radius 1 is 1.24 bits per heavy atom. The summed E-state index contributed by atoms with van der Waals surface area (Å²) in [5.74, 6) is -1.18. The minimum absolute atomic E-state index is 0.0358. The molecule has 0 radical (unpaired) electrons. The fourth-order valence-electron chi connectivity index (χ4n) is 3.09. The number of hydrogen-bond acceptors (Lipinski definition) is 4. The average molecular weight is 290 g/mol. The second-order valence-electron chi connectivity index (χ2n) is 5.41. The molecule has 0 bridgehead atoms. The van der Waals surface area contributed by atoms with E-state index in [-0.39, 0.29) is 5.78 Å². The highest BCUT2D eigenvalue weighted by Crippen LogP contribution is 2.38. The summed E-state index contributed by atoms with van der Waals surface area (Å²) in [7, 11) is 1.33. The number of methoxy groups -OCH3 is 1. The molecule has 0 aromatic heterocycles. The lowest BCUT2D eigenvalue weighted by molar-refractivity contribution is -0.152. The summed E-state index contributed by atoms with van der Waals surface area (Å²) >= 11 is 0. The van der Waals surface area contributed by atoms with Gasteiger partial charge in [-0.2, -0.15) is 0 Å². The number of benzene rings is 1. The highest BCUT2D eigenvalue weighted by molar-refractivity contribution is 6.04. The molecule has 1 aromatic rings. The minimum Gasteiger partial charge on any atom is -0.468 e. The molecular weight excluding hydrogens is 268 g/mol. The number of rotatable bonds is 5. The first kappa shape index (κ1) is 15.7. The highest BCUT2D eigenvalue weighted by atomic mass is 16.5. The molecular formula is C17H22O4. The van der Waals surface area contributed by atoms with E-state index < -0.39 is 17.3 Å². The van der Waals surface area contributed by atoms with Gasteiger partial charge in [0.25, 0.3) is 0 Å². The van der Waals surface area contributed by atoms with Gasteiger partial charge in [0.2, 0.25) is 0 Å². The second-order valence-corrected chi connectivity index (χ2v) is 5.41. The average Bonchev–Trinajstić information content (AvgIpc) is 2.56. The molecule has 1 saturated heterocycles. The minimum atomic E-state index is -0.701. The standard InChI is InChI=1S/C17H22O4/c1-3-14(16(19)20-2)15(18)17(9-11-21-12-10-17)13-7-5-4-6-8-13/h4-8,14H,3,9-12H2,1-2H3. The zero-order chi connectivity index (χ0) is 15.3. The van der Waals surface area contributed by atoms with Crippen LogP contribution in [0.2, 0.25) is 0 Å². The molecule has 0 amide bonds. The molecule has 1 aliphatic rings. The zero-order valence-electron chi connectivity index (χ0n) is 12.6. The summed E-state index contributed by atoms with van der Waals surface area (Å²) < 4.78 is 10.2. The van der Waals surface area contributed by atoms with E-state index in [1.165, 1.54) is 7.11 Å². The van der Waals surface area contributed by atoms with E-state index in [4.69, 9.17) is 9.47 Å². The number of carbonyl (C=O) groups is 2. The molecule has 1 aliphatic heterocycles. The Bertz CT molecular complexity index is 489. The van der Waals surface area contributed by atoms with E-state index in [9.17, 15) is 9.59 Å². The lowest BCUT2D eigenvalue weighted by Gasteiger charge is -2.38. The van der Waals surface area contributed by atoms with Gasteiger partial charge in [0.1, 0.15) is 5.92 Å². The predicted molar refractivity (Wildman–Crippen MR) is 79.0 cm³/mol. The molecule has 2 rings (SSSR count). The topological polar surface area (TPSA) is 52.6 Å². The van der Waals surface area contributed by atoms with E-state index in [0.717, 1.165) is 5.56 Å². The van der Waals surface area contributed by atoms with Crippen LogP contribution in [-0.2, 0) is 24.5 Å². The molecule has 4 heteroatoms. The SMILES string of the molecule is CCC(C(=O)OC)C(=O)C1(c2ccccc2)CCOCC1. The van der Waals surface area contributed by atoms with Crippen LogP contribution in [0.5, 0.6) is 0 Å². The highest BCUT2D eigenvalue weighted by Gasteiger charge is 2.46. The molecule has 0 spiro atoms. The fourth-order valence-corrected chi connectivity index (χ4v) is 3.09. The van der Waals surface area contributed by atoms with E-state index in [0.29, 0.717) is 32.5 Å². The van der Waals surface area contributed by atoms with E-state index in [1.807, 2.05) is 37.3 Å². The largest absolute Gasteiger partial charge is 0.468 e. The Kier molecular flexibility index (Phi) is 5.12.